The Balaban J connectivity index is 3.29. The minimum atomic E-state index is -3.13. The van der Waals surface area contributed by atoms with Crippen molar-refractivity contribution in [3.05, 3.63) is 0 Å². The molecule has 13 heavy (non-hydrogen) atoms. The average molecular weight is 194 g/mol. The summed E-state index contributed by atoms with van der Waals surface area (Å²) < 4.78 is 65.7. The Morgan fingerprint density at radius 2 is 2.31 bits per heavy atom. The number of hydrogen-bond acceptors (Lipinski definition) is 4. The summed E-state index contributed by atoms with van der Waals surface area (Å²) in [5.74, 6) is -1.24. The van der Waals surface area contributed by atoms with Gasteiger partial charge in [0.25, 0.3) is 0 Å². The van der Waals surface area contributed by atoms with Crippen LogP contribution in [0.25, 0.3) is 0 Å². The van der Waals surface area contributed by atoms with Crippen LogP contribution in [-0.2, 0) is 9.53 Å². The zero-order valence-corrected chi connectivity index (χ0v) is 7.79. The van der Waals surface area contributed by atoms with Crippen LogP contribution in [0.2, 0.25) is 2.82 Å². The highest BCUT2D eigenvalue weighted by Crippen LogP contribution is 2.08. The van der Waals surface area contributed by atoms with E-state index in [4.69, 9.17) is 15.8 Å². The highest BCUT2D eigenvalue weighted by Gasteiger charge is 2.25. The van der Waals surface area contributed by atoms with E-state index < -0.39 is 37.1 Å². The van der Waals surface area contributed by atoms with Crippen LogP contribution in [-0.4, -0.2) is 37.1 Å². The van der Waals surface area contributed by atoms with Crippen LogP contribution in [0.4, 0.5) is 0 Å². The van der Waals surface area contributed by atoms with Gasteiger partial charge in [0, 0.05) is 27.7 Å². The molecular weight excluding hydrogens is 168 g/mol. The summed E-state index contributed by atoms with van der Waals surface area (Å²) in [6.07, 6.45) is 0. The zero-order chi connectivity index (χ0) is 17.0. The number of rotatable bonds is 1. The maximum atomic E-state index is 12.1. The molecule has 0 aromatic heterocycles. The third-order valence-corrected chi connectivity index (χ3v) is 1.12. The van der Waals surface area contributed by atoms with E-state index in [0.29, 0.717) is 0 Å². The maximum Gasteiger partial charge on any atom is 0.324 e. The first-order valence-corrected chi connectivity index (χ1v) is 3.87. The van der Waals surface area contributed by atoms with E-state index >= 15 is 0 Å². The van der Waals surface area contributed by atoms with Crippen LogP contribution in [0.1, 0.15) is 29.0 Å². The molecule has 0 saturated carbocycles. The van der Waals surface area contributed by atoms with Gasteiger partial charge < -0.3 is 15.4 Å². The summed E-state index contributed by atoms with van der Waals surface area (Å²) in [6.45, 7) is -4.60. The molecule has 0 spiro atoms. The van der Waals surface area contributed by atoms with Crippen molar-refractivity contribution in [3.8, 4) is 0 Å². The van der Waals surface area contributed by atoms with Gasteiger partial charge in [-0.05, 0) is 20.8 Å². The summed E-state index contributed by atoms with van der Waals surface area (Å²) in [5, 5.41) is -0.369. The molecule has 1 aliphatic rings. The Labute approximate surface area is 90.4 Å². The molecule has 76 valence electrons. The molecule has 0 radical (unpaired) electrons. The first-order valence-electron chi connectivity index (χ1n) is 7.76. The molecule has 0 aliphatic carbocycles. The minimum Gasteiger partial charge on any atom is -0.459 e. The van der Waals surface area contributed by atoms with Gasteiger partial charge in [-0.25, -0.2) is 0 Å². The third kappa shape index (κ3) is 3.74. The fourth-order valence-electron chi connectivity index (χ4n) is 0.704. The molecule has 0 aromatic rings. The molecule has 1 aliphatic heterocycles. The van der Waals surface area contributed by atoms with Gasteiger partial charge in [-0.3, -0.25) is 4.79 Å². The molecule has 1 heterocycles. The second-order valence-corrected chi connectivity index (χ2v) is 3.53. The van der Waals surface area contributed by atoms with Crippen molar-refractivity contribution in [3.63, 3.8) is 0 Å². The van der Waals surface area contributed by atoms with Crippen LogP contribution in [0.15, 0.2) is 0 Å². The second kappa shape index (κ2) is 4.07. The van der Waals surface area contributed by atoms with Crippen molar-refractivity contribution in [1.29, 1.82) is 0 Å². The number of piperazine rings is 1. The standard InChI is InChI=1S/C9H18N2O2/c1-9(2,3)13-8(12)7-6-10-4-5-11-7/h7,10-11H,4-6H2,1-3H3/i4D2,5D2,6D2/hD2. The van der Waals surface area contributed by atoms with Gasteiger partial charge in [-0.1, -0.05) is 0 Å². The van der Waals surface area contributed by atoms with Crippen LogP contribution in [0, 0.1) is 0 Å². The van der Waals surface area contributed by atoms with Crippen LogP contribution in [0.5, 0.6) is 0 Å². The molecule has 1 atom stereocenters. The van der Waals surface area contributed by atoms with Crippen molar-refractivity contribution in [2.45, 2.75) is 32.4 Å². The summed E-state index contributed by atoms with van der Waals surface area (Å²) in [7, 11) is 0. The van der Waals surface area contributed by atoms with E-state index in [-0.39, 0.29) is 10.6 Å². The number of esters is 1. The molecule has 4 nitrogen and oxygen atoms in total. The Hall–Kier alpha value is -0.610. The van der Waals surface area contributed by atoms with Crippen molar-refractivity contribution >= 4 is 5.97 Å². The lowest BCUT2D eigenvalue weighted by atomic mass is 10.2. The van der Waals surface area contributed by atoms with E-state index in [1.807, 2.05) is 0 Å². The Morgan fingerprint density at radius 1 is 1.62 bits per heavy atom. The molecule has 1 saturated heterocycles. The fourth-order valence-corrected chi connectivity index (χ4v) is 0.704. The van der Waals surface area contributed by atoms with E-state index in [9.17, 15) is 4.79 Å². The van der Waals surface area contributed by atoms with Gasteiger partial charge in [0.1, 0.15) is 14.5 Å². The normalized spacial score (nSPS) is 47.8. The fraction of sp³-hybridized carbons (Fsp3) is 0.889. The number of ether oxygens (including phenoxy) is 1. The molecule has 0 bridgehead atoms. The van der Waals surface area contributed by atoms with Gasteiger partial charge in [-0.15, -0.1) is 0 Å². The monoisotopic (exact) mass is 194 g/mol. The van der Waals surface area contributed by atoms with Crippen molar-refractivity contribution in [2.75, 3.05) is 19.5 Å². The lowest BCUT2D eigenvalue weighted by Gasteiger charge is -2.27. The minimum absolute atomic E-state index is 0.105. The Bertz CT molecular complexity index is 436. The number of nitrogens with one attached hydrogen (secondary N) is 2. The maximum absolute atomic E-state index is 12.1. The zero-order valence-electron chi connectivity index (χ0n) is 15.8. The number of carbonyl (C=O) groups is 1. The highest BCUT2D eigenvalue weighted by atomic mass is 16.6. The molecule has 4 heteroatoms. The highest BCUT2D eigenvalue weighted by molar-refractivity contribution is 5.76. The van der Waals surface area contributed by atoms with Gasteiger partial charge in [0.05, 0.1) is 0 Å². The lowest BCUT2D eigenvalue weighted by Crippen LogP contribution is -2.53. The quantitative estimate of drug-likeness (QED) is 0.572. The third-order valence-electron chi connectivity index (χ3n) is 1.12. The number of hydrogen-bond donors (Lipinski definition) is 2. The predicted octanol–water partition coefficient (Wildman–Crippen LogP) is -0.111. The first-order chi connectivity index (χ1) is 9.07. The molecule has 0 aromatic carbocycles. The molecule has 1 fully saturated rings. The van der Waals surface area contributed by atoms with Crippen molar-refractivity contribution in [2.24, 2.45) is 0 Å². The second-order valence-electron chi connectivity index (χ2n) is 3.53. The van der Waals surface area contributed by atoms with Crippen LogP contribution in [0.3, 0.4) is 0 Å². The average Bonchev–Trinajstić information content (AvgIpc) is 2.23. The van der Waals surface area contributed by atoms with Crippen LogP contribution >= 0.6 is 0 Å². The summed E-state index contributed by atoms with van der Waals surface area (Å²) in [5.41, 5.74) is -0.996. The topological polar surface area (TPSA) is 50.4 Å². The Morgan fingerprint density at radius 3 is 2.92 bits per heavy atom. The Kier molecular flexibility index (Phi) is 1.21. The first kappa shape index (κ1) is 3.87. The van der Waals surface area contributed by atoms with Crippen molar-refractivity contribution in [1.82, 2.24) is 10.6 Å². The smallest absolute Gasteiger partial charge is 0.324 e. The lowest BCUT2D eigenvalue weighted by molar-refractivity contribution is -0.157. The van der Waals surface area contributed by atoms with Gasteiger partial charge in [0.15, 0.2) is 0 Å². The van der Waals surface area contributed by atoms with E-state index in [2.05, 4.69) is 0 Å². The SMILES string of the molecule is [2H]N1C(C(=O)OC(C)(C)C)C([2H])([2H])N([2H])C([2H])([2H])C1([2H])[2H]. The summed E-state index contributed by atoms with van der Waals surface area (Å²) in [4.78, 5) is 12.1. The summed E-state index contributed by atoms with van der Waals surface area (Å²) >= 11 is 0. The van der Waals surface area contributed by atoms with Crippen molar-refractivity contribution < 1.29 is 20.6 Å². The largest absolute Gasteiger partial charge is 0.459 e. The molecule has 1 unspecified atom stereocenters. The van der Waals surface area contributed by atoms with E-state index in [0.717, 1.165) is 0 Å². The molecular formula is C9H18N2O2. The predicted molar refractivity (Wildman–Crippen MR) is 50.5 cm³/mol. The molecule has 1 rings (SSSR count). The summed E-state index contributed by atoms with van der Waals surface area (Å²) in [6, 6.07) is -2.10. The molecule has 0 amide bonds. The number of carbonyl (C=O) groups excluding carboxylic acids is 1. The van der Waals surface area contributed by atoms with Gasteiger partial charge in [-0.2, -0.15) is 0 Å². The van der Waals surface area contributed by atoms with Gasteiger partial charge in [0.2, 0.25) is 0 Å². The van der Waals surface area contributed by atoms with Crippen LogP contribution < -0.4 is 10.6 Å². The van der Waals surface area contributed by atoms with E-state index in [1.165, 1.54) is 20.8 Å². The van der Waals surface area contributed by atoms with Gasteiger partial charge >= 0.3 is 5.97 Å². The van der Waals surface area contributed by atoms with E-state index in [1.54, 1.807) is 0 Å². The molecule has 2 N–H and O–H groups in total.